The van der Waals surface area contributed by atoms with Crippen LogP contribution in [0, 0.1) is 0 Å². The highest BCUT2D eigenvalue weighted by atomic mass is 32.1. The van der Waals surface area contributed by atoms with Gasteiger partial charge in [-0.05, 0) is 23.4 Å². The van der Waals surface area contributed by atoms with E-state index in [9.17, 15) is 5.11 Å². The highest BCUT2D eigenvalue weighted by molar-refractivity contribution is 7.09. The van der Waals surface area contributed by atoms with Crippen LogP contribution >= 0.6 is 11.3 Å². The number of ether oxygens (including phenoxy) is 1. The van der Waals surface area contributed by atoms with Crippen molar-refractivity contribution in [1.82, 2.24) is 4.90 Å². The number of hydrogen-bond donors (Lipinski definition) is 1. The summed E-state index contributed by atoms with van der Waals surface area (Å²) in [6, 6.07) is 14.1. The first-order chi connectivity index (χ1) is 10.3. The van der Waals surface area contributed by atoms with Crippen LogP contribution in [0.15, 0.2) is 47.8 Å². The van der Waals surface area contributed by atoms with Crippen LogP contribution < -0.4 is 0 Å². The molecule has 0 spiro atoms. The summed E-state index contributed by atoms with van der Waals surface area (Å²) in [4.78, 5) is 3.62. The lowest BCUT2D eigenvalue weighted by molar-refractivity contribution is 0.100. The molecule has 1 aromatic carbocycles. The fourth-order valence-corrected chi connectivity index (χ4v) is 3.06. The van der Waals surface area contributed by atoms with Crippen molar-refractivity contribution in [3.05, 3.63) is 58.3 Å². The van der Waals surface area contributed by atoms with Gasteiger partial charge in [-0.25, -0.2) is 0 Å². The number of nitrogens with zero attached hydrogens (tertiary/aromatic N) is 1. The molecule has 114 valence electrons. The van der Waals surface area contributed by atoms with Crippen LogP contribution in [-0.4, -0.2) is 36.8 Å². The van der Waals surface area contributed by atoms with Crippen LogP contribution in [0.5, 0.6) is 0 Å². The molecule has 0 fully saturated rings. The highest BCUT2D eigenvalue weighted by Gasteiger charge is 2.14. The van der Waals surface area contributed by atoms with Crippen molar-refractivity contribution >= 4 is 11.3 Å². The minimum atomic E-state index is -0.450. The van der Waals surface area contributed by atoms with Crippen molar-refractivity contribution < 1.29 is 9.84 Å². The van der Waals surface area contributed by atoms with Crippen molar-refractivity contribution in [3.63, 3.8) is 0 Å². The summed E-state index contributed by atoms with van der Waals surface area (Å²) in [7, 11) is 1.72. The molecule has 0 bridgehead atoms. The Balaban J connectivity index is 1.94. The zero-order chi connectivity index (χ0) is 14.9. The molecule has 1 unspecified atom stereocenters. The van der Waals surface area contributed by atoms with Gasteiger partial charge in [0.25, 0.3) is 0 Å². The van der Waals surface area contributed by atoms with Gasteiger partial charge in [0.1, 0.15) is 0 Å². The number of benzene rings is 1. The topological polar surface area (TPSA) is 32.7 Å². The summed E-state index contributed by atoms with van der Waals surface area (Å²) >= 11 is 1.76. The maximum absolute atomic E-state index is 10.4. The molecule has 0 aliphatic carbocycles. The molecule has 21 heavy (non-hydrogen) atoms. The summed E-state index contributed by atoms with van der Waals surface area (Å²) in [6.45, 7) is 3.20. The van der Waals surface area contributed by atoms with Crippen LogP contribution in [-0.2, 0) is 11.3 Å². The van der Waals surface area contributed by atoms with Gasteiger partial charge in [0.15, 0.2) is 0 Å². The second-order valence-electron chi connectivity index (χ2n) is 5.09. The van der Waals surface area contributed by atoms with Crippen LogP contribution in [0.1, 0.15) is 23.0 Å². The van der Waals surface area contributed by atoms with E-state index in [1.54, 1.807) is 18.4 Å². The zero-order valence-electron chi connectivity index (χ0n) is 12.4. The van der Waals surface area contributed by atoms with Crippen LogP contribution in [0.4, 0.5) is 0 Å². The molecule has 1 aromatic heterocycles. The molecule has 2 rings (SSSR count). The molecule has 0 aliphatic heterocycles. The SMILES string of the molecule is COCCCN(Cc1cccs1)CC(O)c1ccccc1. The summed E-state index contributed by atoms with van der Waals surface area (Å²) < 4.78 is 5.13. The minimum absolute atomic E-state index is 0.450. The minimum Gasteiger partial charge on any atom is -0.387 e. The molecule has 3 nitrogen and oxygen atoms in total. The monoisotopic (exact) mass is 305 g/mol. The van der Waals surface area contributed by atoms with Gasteiger partial charge in [0.05, 0.1) is 6.10 Å². The lowest BCUT2D eigenvalue weighted by atomic mass is 10.1. The lowest BCUT2D eigenvalue weighted by Gasteiger charge is -2.24. The van der Waals surface area contributed by atoms with E-state index in [0.717, 1.165) is 31.7 Å². The lowest BCUT2D eigenvalue weighted by Crippen LogP contribution is -2.29. The van der Waals surface area contributed by atoms with E-state index in [1.165, 1.54) is 4.88 Å². The van der Waals surface area contributed by atoms with E-state index in [4.69, 9.17) is 4.74 Å². The standard InChI is InChI=1S/C17H23NO2S/c1-20-11-6-10-18(13-16-9-5-12-21-16)14-17(19)15-7-3-2-4-8-15/h2-5,7-9,12,17,19H,6,10-11,13-14H2,1H3. The van der Waals surface area contributed by atoms with Crippen LogP contribution in [0.2, 0.25) is 0 Å². The van der Waals surface area contributed by atoms with Crippen molar-refractivity contribution in [2.45, 2.75) is 19.1 Å². The van der Waals surface area contributed by atoms with Gasteiger partial charge in [-0.1, -0.05) is 36.4 Å². The van der Waals surface area contributed by atoms with Gasteiger partial charge in [-0.15, -0.1) is 11.3 Å². The third-order valence-corrected chi connectivity index (χ3v) is 4.26. The molecular formula is C17H23NO2S. The molecule has 0 aliphatic rings. The average molecular weight is 305 g/mol. The number of hydrogen-bond acceptors (Lipinski definition) is 4. The van der Waals surface area contributed by atoms with Crippen molar-refractivity contribution in [2.75, 3.05) is 26.8 Å². The normalized spacial score (nSPS) is 12.7. The second-order valence-corrected chi connectivity index (χ2v) is 6.12. The third-order valence-electron chi connectivity index (χ3n) is 3.40. The van der Waals surface area contributed by atoms with Crippen molar-refractivity contribution in [3.8, 4) is 0 Å². The second kappa shape index (κ2) is 8.95. The largest absolute Gasteiger partial charge is 0.387 e. The first-order valence-corrected chi connectivity index (χ1v) is 8.14. The average Bonchev–Trinajstić information content (AvgIpc) is 3.01. The molecule has 0 saturated heterocycles. The van der Waals surface area contributed by atoms with E-state index in [0.29, 0.717) is 6.54 Å². The molecule has 1 atom stereocenters. The number of thiophene rings is 1. The fraction of sp³-hybridized carbons (Fsp3) is 0.412. The molecule has 0 radical (unpaired) electrons. The van der Waals surface area contributed by atoms with Gasteiger partial charge in [-0.2, -0.15) is 0 Å². The van der Waals surface area contributed by atoms with Gasteiger partial charge >= 0.3 is 0 Å². The first-order valence-electron chi connectivity index (χ1n) is 7.26. The predicted molar refractivity (Wildman–Crippen MR) is 87.5 cm³/mol. The Kier molecular flexibility index (Phi) is 6.89. The quantitative estimate of drug-likeness (QED) is 0.721. The number of rotatable bonds is 9. The molecule has 1 heterocycles. The Morgan fingerprint density at radius 1 is 1.19 bits per heavy atom. The summed E-state index contributed by atoms with van der Waals surface area (Å²) in [5.74, 6) is 0. The first kappa shape index (κ1) is 16.2. The summed E-state index contributed by atoms with van der Waals surface area (Å²) in [5.41, 5.74) is 0.973. The molecule has 0 saturated carbocycles. The highest BCUT2D eigenvalue weighted by Crippen LogP contribution is 2.17. The Bertz CT molecular complexity index is 487. The summed E-state index contributed by atoms with van der Waals surface area (Å²) in [5, 5.41) is 12.5. The third kappa shape index (κ3) is 5.59. The molecule has 1 N–H and O–H groups in total. The maximum Gasteiger partial charge on any atom is 0.0917 e. The van der Waals surface area contributed by atoms with E-state index >= 15 is 0 Å². The van der Waals surface area contributed by atoms with E-state index in [-0.39, 0.29) is 0 Å². The Morgan fingerprint density at radius 3 is 2.67 bits per heavy atom. The predicted octanol–water partition coefficient (Wildman–Crippen LogP) is 3.32. The number of methoxy groups -OCH3 is 1. The van der Waals surface area contributed by atoms with E-state index in [2.05, 4.69) is 22.4 Å². The van der Waals surface area contributed by atoms with Crippen molar-refractivity contribution in [2.24, 2.45) is 0 Å². The Morgan fingerprint density at radius 2 is 2.00 bits per heavy atom. The van der Waals surface area contributed by atoms with Gasteiger partial charge in [0, 0.05) is 38.2 Å². The fourth-order valence-electron chi connectivity index (χ4n) is 2.32. The number of aliphatic hydroxyl groups is 1. The van der Waals surface area contributed by atoms with E-state index in [1.807, 2.05) is 30.3 Å². The molecule has 0 amide bonds. The van der Waals surface area contributed by atoms with Crippen LogP contribution in [0.25, 0.3) is 0 Å². The summed E-state index contributed by atoms with van der Waals surface area (Å²) in [6.07, 6.45) is 0.525. The van der Waals surface area contributed by atoms with E-state index < -0.39 is 6.10 Å². The van der Waals surface area contributed by atoms with Crippen molar-refractivity contribution in [1.29, 1.82) is 0 Å². The Hall–Kier alpha value is -1.20. The van der Waals surface area contributed by atoms with Gasteiger partial charge in [-0.3, -0.25) is 4.90 Å². The molecule has 4 heteroatoms. The molecule has 2 aromatic rings. The Labute approximate surface area is 130 Å². The molecular weight excluding hydrogens is 282 g/mol. The maximum atomic E-state index is 10.4. The smallest absolute Gasteiger partial charge is 0.0917 e. The van der Waals surface area contributed by atoms with Crippen LogP contribution in [0.3, 0.4) is 0 Å². The van der Waals surface area contributed by atoms with Gasteiger partial charge in [0.2, 0.25) is 0 Å². The number of aliphatic hydroxyl groups excluding tert-OH is 1. The van der Waals surface area contributed by atoms with Gasteiger partial charge < -0.3 is 9.84 Å². The zero-order valence-corrected chi connectivity index (χ0v) is 13.3.